The van der Waals surface area contributed by atoms with E-state index < -0.39 is 9.84 Å². The molecular weight excluding hydrogens is 312 g/mol. The number of aromatic hydroxyl groups is 2. The number of sulfone groups is 1. The Bertz CT molecular complexity index is 883. The fraction of sp³-hybridized carbons (Fsp3) is 0.333. The van der Waals surface area contributed by atoms with Crippen LogP contribution >= 0.6 is 0 Å². The van der Waals surface area contributed by atoms with Crippen molar-refractivity contribution in [3.63, 3.8) is 0 Å². The molecule has 0 aliphatic heterocycles. The van der Waals surface area contributed by atoms with Crippen molar-refractivity contribution in [3.05, 3.63) is 45.5 Å². The molecule has 0 saturated carbocycles. The third kappa shape index (κ3) is 2.59. The minimum absolute atomic E-state index is 0.0292. The van der Waals surface area contributed by atoms with Gasteiger partial charge in [0.25, 0.3) is 0 Å². The molecule has 0 aromatic heterocycles. The monoisotopic (exact) mass is 334 g/mol. The van der Waals surface area contributed by atoms with Gasteiger partial charge in [-0.1, -0.05) is 6.07 Å². The average Bonchev–Trinajstić information content (AvgIpc) is 2.46. The van der Waals surface area contributed by atoms with Crippen molar-refractivity contribution >= 4 is 9.84 Å². The van der Waals surface area contributed by atoms with Crippen LogP contribution in [0.4, 0.5) is 0 Å². The van der Waals surface area contributed by atoms with Crippen molar-refractivity contribution in [1.29, 1.82) is 0 Å². The van der Waals surface area contributed by atoms with E-state index in [0.29, 0.717) is 22.3 Å². The molecule has 0 fully saturated rings. The summed E-state index contributed by atoms with van der Waals surface area (Å²) in [5.74, 6) is -0.293. The predicted octanol–water partition coefficient (Wildman–Crippen LogP) is 3.78. The number of hydrogen-bond acceptors (Lipinski definition) is 4. The molecule has 2 N–H and O–H groups in total. The Morgan fingerprint density at radius 1 is 0.739 bits per heavy atom. The first-order valence-electron chi connectivity index (χ1n) is 7.34. The van der Waals surface area contributed by atoms with E-state index in [2.05, 4.69) is 0 Å². The summed E-state index contributed by atoms with van der Waals surface area (Å²) in [6.45, 7) is 10.4. The van der Waals surface area contributed by atoms with Gasteiger partial charge in [-0.05, 0) is 81.0 Å². The van der Waals surface area contributed by atoms with Crippen molar-refractivity contribution < 1.29 is 18.6 Å². The van der Waals surface area contributed by atoms with Gasteiger partial charge in [0.05, 0.1) is 4.90 Å². The van der Waals surface area contributed by atoms with E-state index in [4.69, 9.17) is 0 Å². The lowest BCUT2D eigenvalue weighted by Crippen LogP contribution is -2.09. The van der Waals surface area contributed by atoms with E-state index >= 15 is 0 Å². The zero-order valence-corrected chi connectivity index (χ0v) is 15.1. The van der Waals surface area contributed by atoms with Crippen LogP contribution in [0, 0.1) is 41.5 Å². The third-order valence-corrected chi connectivity index (χ3v) is 6.70. The lowest BCUT2D eigenvalue weighted by Gasteiger charge is -2.17. The quantitative estimate of drug-likeness (QED) is 0.876. The fourth-order valence-corrected chi connectivity index (χ4v) is 4.78. The molecule has 0 atom stereocenters. The highest BCUT2D eigenvalue weighted by Gasteiger charge is 2.29. The highest BCUT2D eigenvalue weighted by molar-refractivity contribution is 7.91. The van der Waals surface area contributed by atoms with Gasteiger partial charge in [-0.15, -0.1) is 0 Å². The maximum absolute atomic E-state index is 13.1. The van der Waals surface area contributed by atoms with Crippen LogP contribution in [-0.2, 0) is 9.84 Å². The minimum Gasteiger partial charge on any atom is -0.508 e. The van der Waals surface area contributed by atoms with Gasteiger partial charge in [0.1, 0.15) is 16.4 Å². The highest BCUT2D eigenvalue weighted by Crippen LogP contribution is 2.39. The van der Waals surface area contributed by atoms with E-state index in [1.165, 1.54) is 6.07 Å². The first kappa shape index (κ1) is 17.3. The number of benzene rings is 2. The summed E-state index contributed by atoms with van der Waals surface area (Å²) in [5, 5.41) is 20.4. The topological polar surface area (TPSA) is 74.6 Å². The van der Waals surface area contributed by atoms with Crippen molar-refractivity contribution in [3.8, 4) is 11.5 Å². The number of rotatable bonds is 2. The Balaban J connectivity index is 2.91. The van der Waals surface area contributed by atoms with Gasteiger partial charge in [-0.2, -0.15) is 0 Å². The second kappa shape index (κ2) is 5.57. The summed E-state index contributed by atoms with van der Waals surface area (Å²) in [6, 6.07) is 3.03. The lowest BCUT2D eigenvalue weighted by atomic mass is 10.0. The number of phenolic OH excluding ortho intramolecular Hbond substituents is 2. The van der Waals surface area contributed by atoms with Crippen molar-refractivity contribution in [1.82, 2.24) is 0 Å². The second-order valence-corrected chi connectivity index (χ2v) is 7.94. The molecule has 5 heteroatoms. The smallest absolute Gasteiger partial charge is 0.210 e. The van der Waals surface area contributed by atoms with E-state index in [9.17, 15) is 18.6 Å². The Kier molecular flexibility index (Phi) is 4.20. The molecule has 0 saturated heterocycles. The van der Waals surface area contributed by atoms with Gasteiger partial charge in [-0.25, -0.2) is 8.42 Å². The van der Waals surface area contributed by atoms with Gasteiger partial charge in [0, 0.05) is 0 Å². The summed E-state index contributed by atoms with van der Waals surface area (Å²) in [6.07, 6.45) is 0. The summed E-state index contributed by atoms with van der Waals surface area (Å²) >= 11 is 0. The number of hydrogen-bond donors (Lipinski definition) is 2. The fourth-order valence-electron chi connectivity index (χ4n) is 2.75. The zero-order valence-electron chi connectivity index (χ0n) is 14.3. The van der Waals surface area contributed by atoms with Crippen LogP contribution in [0.1, 0.15) is 33.4 Å². The molecule has 0 aliphatic rings. The van der Waals surface area contributed by atoms with Gasteiger partial charge in [-0.3, -0.25) is 0 Å². The average molecular weight is 334 g/mol. The van der Waals surface area contributed by atoms with Gasteiger partial charge >= 0.3 is 0 Å². The van der Waals surface area contributed by atoms with E-state index in [-0.39, 0.29) is 21.3 Å². The van der Waals surface area contributed by atoms with E-state index in [1.807, 2.05) is 6.92 Å². The first-order valence-corrected chi connectivity index (χ1v) is 8.83. The number of aryl methyl sites for hydroxylation is 2. The third-order valence-electron chi connectivity index (χ3n) is 4.66. The highest BCUT2D eigenvalue weighted by atomic mass is 32.2. The zero-order chi connectivity index (χ0) is 17.7. The Morgan fingerprint density at radius 3 is 1.87 bits per heavy atom. The van der Waals surface area contributed by atoms with Crippen LogP contribution in [0.15, 0.2) is 21.9 Å². The lowest BCUT2D eigenvalue weighted by molar-refractivity contribution is 0.452. The van der Waals surface area contributed by atoms with Crippen LogP contribution in [0.5, 0.6) is 11.5 Å². The second-order valence-electron chi connectivity index (χ2n) is 6.09. The van der Waals surface area contributed by atoms with Gasteiger partial charge < -0.3 is 10.2 Å². The van der Waals surface area contributed by atoms with Crippen LogP contribution in [-0.4, -0.2) is 18.6 Å². The SMILES string of the molecule is Cc1cc(C)c(O)c(S(=O)(=O)c2cc(O)c(C)c(C)c2C)c1C. The molecule has 0 aliphatic carbocycles. The van der Waals surface area contributed by atoms with Crippen LogP contribution in [0.3, 0.4) is 0 Å². The minimum atomic E-state index is -3.95. The molecular formula is C18H22O4S. The molecule has 124 valence electrons. The molecule has 0 radical (unpaired) electrons. The van der Waals surface area contributed by atoms with Crippen LogP contribution < -0.4 is 0 Å². The standard InChI is InChI=1S/C18H22O4S/c1-9-7-10(2)17(20)18(11(9)3)23(21,22)16-8-15(19)13(5)12(4)14(16)6/h7-8,19-20H,1-6H3. The number of phenols is 2. The summed E-state index contributed by atoms with van der Waals surface area (Å²) in [5.41, 5.74) is 3.79. The molecule has 0 heterocycles. The van der Waals surface area contributed by atoms with Crippen molar-refractivity contribution in [2.24, 2.45) is 0 Å². The molecule has 2 aromatic rings. The summed E-state index contributed by atoms with van der Waals surface area (Å²) in [7, 11) is -3.95. The first-order chi connectivity index (χ1) is 10.5. The molecule has 4 nitrogen and oxygen atoms in total. The summed E-state index contributed by atoms with van der Waals surface area (Å²) < 4.78 is 26.3. The van der Waals surface area contributed by atoms with Gasteiger partial charge in [0.2, 0.25) is 9.84 Å². The Labute approximate surface area is 137 Å². The predicted molar refractivity (Wildman–Crippen MR) is 90.1 cm³/mol. The Morgan fingerprint density at radius 2 is 1.30 bits per heavy atom. The molecule has 0 unspecified atom stereocenters. The maximum atomic E-state index is 13.1. The molecule has 2 aromatic carbocycles. The van der Waals surface area contributed by atoms with Crippen molar-refractivity contribution in [2.75, 3.05) is 0 Å². The van der Waals surface area contributed by atoms with Crippen LogP contribution in [0.25, 0.3) is 0 Å². The van der Waals surface area contributed by atoms with Gasteiger partial charge in [0.15, 0.2) is 0 Å². The van der Waals surface area contributed by atoms with Crippen molar-refractivity contribution in [2.45, 2.75) is 51.3 Å². The van der Waals surface area contributed by atoms with E-state index in [0.717, 1.165) is 11.1 Å². The molecule has 0 spiro atoms. The summed E-state index contributed by atoms with van der Waals surface area (Å²) in [4.78, 5) is -0.0535. The Hall–Kier alpha value is -2.01. The molecule has 0 bridgehead atoms. The van der Waals surface area contributed by atoms with E-state index in [1.54, 1.807) is 40.7 Å². The normalized spacial score (nSPS) is 11.7. The largest absolute Gasteiger partial charge is 0.508 e. The molecule has 23 heavy (non-hydrogen) atoms. The maximum Gasteiger partial charge on any atom is 0.210 e. The molecule has 0 amide bonds. The molecule has 2 rings (SSSR count). The van der Waals surface area contributed by atoms with Crippen LogP contribution in [0.2, 0.25) is 0 Å².